The number of H-pyrrole nitrogens is 2. The van der Waals surface area contributed by atoms with Crippen LogP contribution in [0.1, 0.15) is 11.8 Å². The summed E-state index contributed by atoms with van der Waals surface area (Å²) in [5.74, 6) is 0. The molecule has 2 aromatic rings. The molecule has 2 aromatic heterocycles. The van der Waals surface area contributed by atoms with Crippen molar-refractivity contribution in [2.45, 2.75) is 24.4 Å². The van der Waals surface area contributed by atoms with Crippen LogP contribution in [0.2, 0.25) is 0 Å². The third-order valence-electron chi connectivity index (χ3n) is 3.20. The van der Waals surface area contributed by atoms with E-state index in [2.05, 4.69) is 14.3 Å². The summed E-state index contributed by atoms with van der Waals surface area (Å²) in [6.07, 6.45) is -4.54. The molecule has 4 atom stereocenters. The second kappa shape index (κ2) is 4.75. The van der Waals surface area contributed by atoms with Crippen molar-refractivity contribution in [2.75, 3.05) is 6.61 Å². The van der Waals surface area contributed by atoms with E-state index in [-0.39, 0.29) is 15.9 Å². The fraction of sp³-hybridized carbons (Fsp3) is 0.500. The van der Waals surface area contributed by atoms with Crippen LogP contribution in [0.3, 0.4) is 0 Å². The molecule has 1 aliphatic heterocycles. The molecule has 3 rings (SSSR count). The van der Waals surface area contributed by atoms with Gasteiger partial charge in [-0.1, -0.05) is 0 Å². The van der Waals surface area contributed by atoms with E-state index in [0.717, 1.165) is 11.5 Å². The lowest BCUT2D eigenvalue weighted by Gasteiger charge is -2.12. The summed E-state index contributed by atoms with van der Waals surface area (Å²) in [7, 11) is 0. The maximum atomic E-state index is 11.6. The van der Waals surface area contributed by atoms with Gasteiger partial charge in [0.2, 0.25) is 0 Å². The highest BCUT2D eigenvalue weighted by molar-refractivity contribution is 7.13. The van der Waals surface area contributed by atoms with Gasteiger partial charge in [0, 0.05) is 0 Å². The van der Waals surface area contributed by atoms with Crippen molar-refractivity contribution in [1.82, 2.24) is 14.3 Å². The predicted octanol–water partition coefficient (Wildman–Crippen LogP) is -2.17. The van der Waals surface area contributed by atoms with E-state index < -0.39 is 42.3 Å². The highest BCUT2D eigenvalue weighted by atomic mass is 32.1. The number of nitrogens with one attached hydrogen (secondary N) is 2. The molecule has 0 aromatic carbocycles. The zero-order valence-electron chi connectivity index (χ0n) is 9.94. The van der Waals surface area contributed by atoms with Crippen LogP contribution in [0, 0.1) is 0 Å². The lowest BCUT2D eigenvalue weighted by molar-refractivity contribution is -0.0233. The molecule has 1 saturated heterocycles. The number of aliphatic hydroxyl groups is 3. The maximum absolute atomic E-state index is 11.6. The molecule has 1 aliphatic rings. The van der Waals surface area contributed by atoms with Crippen LogP contribution in [0.15, 0.2) is 9.59 Å². The van der Waals surface area contributed by atoms with Crippen LogP contribution >= 0.6 is 11.5 Å². The Bertz CT molecular complexity index is 751. The smallest absolute Gasteiger partial charge is 0.326 e. The van der Waals surface area contributed by atoms with Gasteiger partial charge in [-0.3, -0.25) is 9.78 Å². The zero-order valence-corrected chi connectivity index (χ0v) is 10.8. The van der Waals surface area contributed by atoms with Crippen molar-refractivity contribution in [3.05, 3.63) is 26.5 Å². The quantitative estimate of drug-likeness (QED) is 0.423. The molecule has 0 spiro atoms. The number of fused-ring (bicyclic) bond motifs is 1. The van der Waals surface area contributed by atoms with Crippen LogP contribution < -0.4 is 11.2 Å². The van der Waals surface area contributed by atoms with E-state index in [1.165, 1.54) is 0 Å². The van der Waals surface area contributed by atoms with Crippen molar-refractivity contribution < 1.29 is 20.1 Å². The first-order chi connectivity index (χ1) is 9.52. The van der Waals surface area contributed by atoms with Gasteiger partial charge in [-0.05, 0) is 11.5 Å². The van der Waals surface area contributed by atoms with Crippen LogP contribution in [0.25, 0.3) is 10.2 Å². The van der Waals surface area contributed by atoms with Crippen molar-refractivity contribution in [3.63, 3.8) is 0 Å². The van der Waals surface area contributed by atoms with Gasteiger partial charge in [-0.2, -0.15) is 4.37 Å². The Labute approximate surface area is 114 Å². The van der Waals surface area contributed by atoms with E-state index in [4.69, 9.17) is 9.84 Å². The third kappa shape index (κ3) is 1.89. The van der Waals surface area contributed by atoms with Crippen molar-refractivity contribution in [1.29, 1.82) is 0 Å². The summed E-state index contributed by atoms with van der Waals surface area (Å²) < 4.78 is 9.53. The van der Waals surface area contributed by atoms with Crippen molar-refractivity contribution >= 4 is 21.7 Å². The lowest BCUT2D eigenvalue weighted by Crippen LogP contribution is -2.32. The number of hydrogen-bond acceptors (Lipinski definition) is 8. The molecule has 20 heavy (non-hydrogen) atoms. The first kappa shape index (κ1) is 13.4. The second-order valence-corrected chi connectivity index (χ2v) is 5.21. The maximum Gasteiger partial charge on any atom is 0.326 e. The number of nitrogens with zero attached hydrogens (tertiary/aromatic N) is 1. The minimum absolute atomic E-state index is 0.163. The van der Waals surface area contributed by atoms with E-state index in [0.29, 0.717) is 0 Å². The molecular weight excluding hydrogens is 290 g/mol. The summed E-state index contributed by atoms with van der Waals surface area (Å²) in [4.78, 5) is 27.4. The van der Waals surface area contributed by atoms with Gasteiger partial charge >= 0.3 is 5.69 Å². The molecule has 0 radical (unpaired) electrons. The topological polar surface area (TPSA) is 149 Å². The molecule has 0 saturated carbocycles. The highest BCUT2D eigenvalue weighted by Crippen LogP contribution is 2.35. The zero-order chi connectivity index (χ0) is 14.4. The monoisotopic (exact) mass is 301 g/mol. The number of aromatic amines is 2. The summed E-state index contributed by atoms with van der Waals surface area (Å²) in [6, 6.07) is 0. The summed E-state index contributed by atoms with van der Waals surface area (Å²) in [6.45, 7) is -0.464. The first-order valence-corrected chi connectivity index (χ1v) is 6.54. The number of ether oxygens (including phenoxy) is 1. The van der Waals surface area contributed by atoms with Crippen molar-refractivity contribution in [3.8, 4) is 0 Å². The number of rotatable bonds is 2. The lowest BCUT2D eigenvalue weighted by atomic mass is 10.1. The molecule has 5 N–H and O–H groups in total. The number of hydrogen-bond donors (Lipinski definition) is 5. The molecule has 0 amide bonds. The Kier molecular flexibility index (Phi) is 3.18. The minimum Gasteiger partial charge on any atom is -0.394 e. The Morgan fingerprint density at radius 2 is 2.00 bits per heavy atom. The molecule has 0 bridgehead atoms. The normalized spacial score (nSPS) is 30.1. The van der Waals surface area contributed by atoms with Crippen LogP contribution in [0.5, 0.6) is 0 Å². The standard InChI is InChI=1S/C10H11N3O6S/c14-1-2-5(15)6(16)7(19-2)3-4-8(20-13-3)9(17)12-10(18)11-4/h2,5-7,14-16H,1H2,(H2,11,12,17,18)/t2-,5-,6-,7+/m1/s1. The summed E-state index contributed by atoms with van der Waals surface area (Å²) in [5, 5.41) is 28.7. The van der Waals surface area contributed by atoms with Crippen LogP contribution in [-0.2, 0) is 4.74 Å². The summed E-state index contributed by atoms with van der Waals surface area (Å²) in [5.41, 5.74) is -0.954. The molecule has 10 heteroatoms. The Morgan fingerprint density at radius 3 is 2.65 bits per heavy atom. The Morgan fingerprint density at radius 1 is 1.25 bits per heavy atom. The number of aromatic nitrogens is 3. The van der Waals surface area contributed by atoms with Crippen molar-refractivity contribution in [2.24, 2.45) is 0 Å². The fourth-order valence-corrected chi connectivity index (χ4v) is 2.97. The summed E-state index contributed by atoms with van der Waals surface area (Å²) >= 11 is 0.849. The molecular formula is C10H11N3O6S. The van der Waals surface area contributed by atoms with E-state index in [9.17, 15) is 19.8 Å². The molecule has 9 nitrogen and oxygen atoms in total. The molecule has 108 valence electrons. The Balaban J connectivity index is 2.12. The van der Waals surface area contributed by atoms with E-state index in [1.807, 2.05) is 0 Å². The third-order valence-corrected chi connectivity index (χ3v) is 4.06. The highest BCUT2D eigenvalue weighted by Gasteiger charge is 2.45. The molecule has 0 unspecified atom stereocenters. The van der Waals surface area contributed by atoms with Gasteiger partial charge in [0.15, 0.2) is 0 Å². The van der Waals surface area contributed by atoms with Crippen LogP contribution in [0.4, 0.5) is 0 Å². The van der Waals surface area contributed by atoms with Gasteiger partial charge in [-0.25, -0.2) is 4.79 Å². The van der Waals surface area contributed by atoms with Gasteiger partial charge in [0.1, 0.15) is 34.8 Å². The largest absolute Gasteiger partial charge is 0.394 e. The molecule has 0 aliphatic carbocycles. The number of aliphatic hydroxyl groups excluding tert-OH is 3. The minimum atomic E-state index is -1.31. The van der Waals surface area contributed by atoms with E-state index >= 15 is 0 Å². The van der Waals surface area contributed by atoms with Gasteiger partial charge in [0.05, 0.1) is 12.1 Å². The predicted molar refractivity (Wildman–Crippen MR) is 67.6 cm³/mol. The fourth-order valence-electron chi connectivity index (χ4n) is 2.20. The van der Waals surface area contributed by atoms with Gasteiger partial charge < -0.3 is 25.0 Å². The van der Waals surface area contributed by atoms with Gasteiger partial charge in [-0.15, -0.1) is 0 Å². The molecule has 1 fully saturated rings. The average Bonchev–Trinajstić information content (AvgIpc) is 2.93. The average molecular weight is 301 g/mol. The second-order valence-electron chi connectivity index (χ2n) is 4.44. The molecule has 3 heterocycles. The van der Waals surface area contributed by atoms with E-state index in [1.54, 1.807) is 0 Å². The Hall–Kier alpha value is -1.59. The SMILES string of the molecule is O=c1[nH]c(=O)c2snc([C@@H]3O[C@H](CO)[C@@H](O)[C@H]3O)c2[nH]1. The van der Waals surface area contributed by atoms with Gasteiger partial charge in [0.25, 0.3) is 5.56 Å². The van der Waals surface area contributed by atoms with Crippen LogP contribution in [-0.4, -0.2) is 54.6 Å². The first-order valence-electron chi connectivity index (χ1n) is 5.77.